The molecular formula is C22H19BrClNO6S2. The van der Waals surface area contributed by atoms with Crippen LogP contribution in [0.15, 0.2) is 79.5 Å². The van der Waals surface area contributed by atoms with Gasteiger partial charge in [0, 0.05) is 22.1 Å². The summed E-state index contributed by atoms with van der Waals surface area (Å²) in [6.07, 6.45) is 0.298. The first-order chi connectivity index (χ1) is 15.5. The molecule has 0 unspecified atom stereocenters. The minimum absolute atomic E-state index is 0.0105. The zero-order valence-corrected chi connectivity index (χ0v) is 21.1. The third kappa shape index (κ3) is 5.34. The van der Waals surface area contributed by atoms with Crippen molar-refractivity contribution in [3.63, 3.8) is 0 Å². The van der Waals surface area contributed by atoms with E-state index in [0.717, 1.165) is 10.0 Å². The Morgan fingerprint density at radius 2 is 1.73 bits per heavy atom. The van der Waals surface area contributed by atoms with Gasteiger partial charge in [-0.25, -0.2) is 16.8 Å². The van der Waals surface area contributed by atoms with Crippen LogP contribution < -0.4 is 0 Å². The number of carbonyl (C=O) groups is 1. The zero-order chi connectivity index (χ0) is 23.8. The minimum atomic E-state index is -3.96. The lowest BCUT2D eigenvalue weighted by atomic mass is 10.1. The Bertz CT molecular complexity index is 1380. The minimum Gasteiger partial charge on any atom is -0.439 e. The van der Waals surface area contributed by atoms with Crippen LogP contribution in [0.1, 0.15) is 22.5 Å². The molecule has 1 aliphatic rings. The van der Waals surface area contributed by atoms with E-state index in [2.05, 4.69) is 15.9 Å². The van der Waals surface area contributed by atoms with Gasteiger partial charge in [-0.1, -0.05) is 39.7 Å². The third-order valence-electron chi connectivity index (χ3n) is 5.36. The Balaban J connectivity index is 1.64. The van der Waals surface area contributed by atoms with Crippen LogP contribution in [0.5, 0.6) is 0 Å². The molecule has 1 amide bonds. The number of hydrogen-bond donors (Lipinski definition) is 0. The number of sulfone groups is 2. The van der Waals surface area contributed by atoms with Gasteiger partial charge in [-0.15, -0.1) is 0 Å². The van der Waals surface area contributed by atoms with Crippen molar-refractivity contribution in [1.29, 1.82) is 0 Å². The molecule has 1 atom stereocenters. The Kier molecular flexibility index (Phi) is 6.73. The van der Waals surface area contributed by atoms with Gasteiger partial charge in [-0.05, 0) is 60.5 Å². The first kappa shape index (κ1) is 24.0. The van der Waals surface area contributed by atoms with Gasteiger partial charge in [0.15, 0.2) is 15.6 Å². The van der Waals surface area contributed by atoms with E-state index in [-0.39, 0.29) is 33.8 Å². The number of furan rings is 1. The van der Waals surface area contributed by atoms with Crippen molar-refractivity contribution < 1.29 is 26.0 Å². The van der Waals surface area contributed by atoms with Crippen LogP contribution in [-0.4, -0.2) is 45.2 Å². The maximum Gasteiger partial charge on any atom is 0.290 e. The van der Waals surface area contributed by atoms with Gasteiger partial charge in [-0.2, -0.15) is 0 Å². The number of amides is 1. The Hall–Kier alpha value is -2.14. The third-order valence-corrected chi connectivity index (χ3v) is 9.53. The standard InChI is InChI=1S/C22H19BrClNO6S2/c23-16-3-7-19(8-4-16)33(29,30)21-10-9-20(31-21)22(26)25(18-11-12-32(27,28)14-18)13-15-1-5-17(24)6-2-15/h1-10,18H,11-14H2/t18-/m1/s1. The normalized spacial score (nSPS) is 17.7. The molecular weight excluding hydrogens is 554 g/mol. The Morgan fingerprint density at radius 1 is 1.06 bits per heavy atom. The average Bonchev–Trinajstić information content (AvgIpc) is 3.40. The Morgan fingerprint density at radius 3 is 2.33 bits per heavy atom. The maximum atomic E-state index is 13.3. The fourth-order valence-electron chi connectivity index (χ4n) is 3.63. The van der Waals surface area contributed by atoms with Gasteiger partial charge >= 0.3 is 0 Å². The molecule has 0 N–H and O–H groups in total. The van der Waals surface area contributed by atoms with Gasteiger partial charge in [0.25, 0.3) is 5.91 Å². The molecule has 1 fully saturated rings. The van der Waals surface area contributed by atoms with E-state index in [9.17, 15) is 21.6 Å². The SMILES string of the molecule is O=C(c1ccc(S(=O)(=O)c2ccc(Br)cc2)o1)N(Cc1ccc(Cl)cc1)[C@@H]1CCS(=O)(=O)C1. The highest BCUT2D eigenvalue weighted by Crippen LogP contribution is 2.27. The molecule has 4 rings (SSSR count). The van der Waals surface area contributed by atoms with Gasteiger partial charge in [0.1, 0.15) is 0 Å². The number of halogens is 2. The van der Waals surface area contributed by atoms with Crippen molar-refractivity contribution in [2.24, 2.45) is 0 Å². The van der Waals surface area contributed by atoms with Gasteiger partial charge in [-0.3, -0.25) is 4.79 Å². The lowest BCUT2D eigenvalue weighted by Crippen LogP contribution is -2.40. The summed E-state index contributed by atoms with van der Waals surface area (Å²) < 4.78 is 56.1. The molecule has 2 heterocycles. The second kappa shape index (κ2) is 9.25. The Labute approximate surface area is 205 Å². The number of nitrogens with zero attached hydrogens (tertiary/aromatic N) is 1. The van der Waals surface area contributed by atoms with E-state index in [1.54, 1.807) is 36.4 Å². The van der Waals surface area contributed by atoms with Crippen molar-refractivity contribution in [2.75, 3.05) is 11.5 Å². The van der Waals surface area contributed by atoms with Crippen LogP contribution in [0, 0.1) is 0 Å². The first-order valence-electron chi connectivity index (χ1n) is 9.91. The molecule has 2 aromatic carbocycles. The highest BCUT2D eigenvalue weighted by atomic mass is 79.9. The summed E-state index contributed by atoms with van der Waals surface area (Å²) in [6.45, 7) is 0.131. The molecule has 0 saturated carbocycles. The topological polar surface area (TPSA) is 102 Å². The summed E-state index contributed by atoms with van der Waals surface area (Å²) in [5.41, 5.74) is 0.756. The van der Waals surface area contributed by atoms with Crippen LogP contribution in [0.25, 0.3) is 0 Å². The number of rotatable bonds is 6. The summed E-state index contributed by atoms with van der Waals surface area (Å²) in [4.78, 5) is 14.8. The van der Waals surface area contributed by atoms with Crippen LogP contribution >= 0.6 is 27.5 Å². The van der Waals surface area contributed by atoms with Crippen molar-refractivity contribution in [2.45, 2.75) is 29.0 Å². The molecule has 0 spiro atoms. The molecule has 7 nitrogen and oxygen atoms in total. The average molecular weight is 573 g/mol. The summed E-state index contributed by atoms with van der Waals surface area (Å²) in [5.74, 6) is -0.922. The molecule has 3 aromatic rings. The smallest absolute Gasteiger partial charge is 0.290 e. The van der Waals surface area contributed by atoms with Crippen LogP contribution in [-0.2, 0) is 26.2 Å². The largest absolute Gasteiger partial charge is 0.439 e. The predicted octanol–water partition coefficient (Wildman–Crippen LogP) is 4.36. The molecule has 33 heavy (non-hydrogen) atoms. The zero-order valence-electron chi connectivity index (χ0n) is 17.1. The second-order valence-electron chi connectivity index (χ2n) is 7.69. The summed E-state index contributed by atoms with van der Waals surface area (Å²) in [6, 6.07) is 14.9. The summed E-state index contributed by atoms with van der Waals surface area (Å²) in [5, 5.41) is 0.174. The first-order valence-corrected chi connectivity index (χ1v) is 14.4. The maximum absolute atomic E-state index is 13.3. The molecule has 174 valence electrons. The van der Waals surface area contributed by atoms with Crippen molar-refractivity contribution >= 4 is 53.1 Å². The van der Waals surface area contributed by atoms with E-state index in [1.807, 2.05) is 0 Å². The van der Waals surface area contributed by atoms with E-state index in [4.69, 9.17) is 16.0 Å². The lowest BCUT2D eigenvalue weighted by Gasteiger charge is -2.27. The number of hydrogen-bond acceptors (Lipinski definition) is 6. The van der Waals surface area contributed by atoms with E-state index < -0.39 is 31.6 Å². The monoisotopic (exact) mass is 571 g/mol. The van der Waals surface area contributed by atoms with Gasteiger partial charge in [0.05, 0.1) is 16.4 Å². The van der Waals surface area contributed by atoms with Crippen molar-refractivity contribution in [3.8, 4) is 0 Å². The van der Waals surface area contributed by atoms with Crippen molar-refractivity contribution in [1.82, 2.24) is 4.90 Å². The molecule has 0 aliphatic carbocycles. The van der Waals surface area contributed by atoms with Gasteiger partial charge in [0.2, 0.25) is 14.9 Å². The lowest BCUT2D eigenvalue weighted by molar-refractivity contribution is 0.0642. The number of benzene rings is 2. The highest BCUT2D eigenvalue weighted by Gasteiger charge is 2.36. The van der Waals surface area contributed by atoms with E-state index >= 15 is 0 Å². The quantitative estimate of drug-likeness (QED) is 0.435. The van der Waals surface area contributed by atoms with Crippen LogP contribution in [0.3, 0.4) is 0 Å². The fraction of sp³-hybridized carbons (Fsp3) is 0.227. The molecule has 1 saturated heterocycles. The summed E-state index contributed by atoms with van der Waals surface area (Å²) >= 11 is 9.20. The van der Waals surface area contributed by atoms with E-state index in [1.165, 1.54) is 29.2 Å². The highest BCUT2D eigenvalue weighted by molar-refractivity contribution is 9.10. The molecule has 11 heteroatoms. The van der Waals surface area contributed by atoms with Gasteiger partial charge < -0.3 is 9.32 Å². The fourth-order valence-corrected chi connectivity index (χ4v) is 6.92. The summed E-state index contributed by atoms with van der Waals surface area (Å²) in [7, 11) is -7.22. The molecule has 0 radical (unpaired) electrons. The predicted molar refractivity (Wildman–Crippen MR) is 127 cm³/mol. The molecule has 1 aromatic heterocycles. The van der Waals surface area contributed by atoms with Crippen molar-refractivity contribution in [3.05, 3.63) is 81.5 Å². The van der Waals surface area contributed by atoms with Crippen LogP contribution in [0.2, 0.25) is 5.02 Å². The molecule has 0 bridgehead atoms. The number of carbonyl (C=O) groups excluding carboxylic acids is 1. The van der Waals surface area contributed by atoms with E-state index in [0.29, 0.717) is 11.4 Å². The second-order valence-corrected chi connectivity index (χ2v) is 13.2. The van der Waals surface area contributed by atoms with Crippen LogP contribution in [0.4, 0.5) is 0 Å². The molecule has 1 aliphatic heterocycles.